The number of thiocarbonyl (C=S) groups is 1. The summed E-state index contributed by atoms with van der Waals surface area (Å²) in [6.45, 7) is 0. The minimum absolute atomic E-state index is 0.00943. The van der Waals surface area contributed by atoms with Gasteiger partial charge in [-0.1, -0.05) is 30.3 Å². The Labute approximate surface area is 174 Å². The van der Waals surface area contributed by atoms with Crippen molar-refractivity contribution in [3.63, 3.8) is 0 Å². The number of benzene rings is 3. The molecule has 3 N–H and O–H groups in total. The number of nitrogens with one attached hydrogen (secondary N) is 1. The minimum Gasteiger partial charge on any atom is -0.374 e. The number of nitro groups is 1. The molecule has 0 atom stereocenters. The summed E-state index contributed by atoms with van der Waals surface area (Å²) in [5, 5.41) is 23.9. The van der Waals surface area contributed by atoms with Gasteiger partial charge in [-0.3, -0.25) is 20.0 Å². The van der Waals surface area contributed by atoms with E-state index in [1.165, 1.54) is 24.3 Å². The van der Waals surface area contributed by atoms with Crippen molar-refractivity contribution in [2.45, 2.75) is 0 Å². The summed E-state index contributed by atoms with van der Waals surface area (Å²) in [6, 6.07) is 19.0. The predicted molar refractivity (Wildman–Crippen MR) is 117 cm³/mol. The van der Waals surface area contributed by atoms with E-state index in [-0.39, 0.29) is 16.5 Å². The average molecular weight is 418 g/mol. The van der Waals surface area contributed by atoms with Crippen LogP contribution in [0, 0.1) is 10.1 Å². The van der Waals surface area contributed by atoms with Gasteiger partial charge in [0.25, 0.3) is 5.69 Å². The van der Waals surface area contributed by atoms with Crippen LogP contribution < -0.4 is 11.3 Å². The molecular weight excluding hydrogens is 404 g/mol. The highest BCUT2D eigenvalue weighted by Gasteiger charge is 2.18. The maximum absolute atomic E-state index is 12.7. The molecule has 0 saturated heterocycles. The molecule has 0 radical (unpaired) electrons. The van der Waals surface area contributed by atoms with Crippen LogP contribution in [0.4, 0.5) is 17.1 Å². The first-order valence-corrected chi connectivity index (χ1v) is 9.15. The Kier molecular flexibility index (Phi) is 4.90. The molecule has 0 fully saturated rings. The largest absolute Gasteiger partial charge is 0.374 e. The van der Waals surface area contributed by atoms with E-state index in [1.54, 1.807) is 6.07 Å². The van der Waals surface area contributed by atoms with Crippen molar-refractivity contribution in [1.82, 2.24) is 9.78 Å². The van der Waals surface area contributed by atoms with Crippen LogP contribution in [0.1, 0.15) is 0 Å². The lowest BCUT2D eigenvalue weighted by molar-refractivity contribution is -0.384. The lowest BCUT2D eigenvalue weighted by Crippen LogP contribution is -2.29. The van der Waals surface area contributed by atoms with Crippen LogP contribution in [0.25, 0.3) is 22.0 Å². The number of fused-ring (bicyclic) bond motifs is 1. The van der Waals surface area contributed by atoms with Gasteiger partial charge in [0.15, 0.2) is 10.8 Å². The summed E-state index contributed by atoms with van der Waals surface area (Å²) >= 11 is 4.91. The van der Waals surface area contributed by atoms with Crippen LogP contribution in [0.2, 0.25) is 0 Å². The second-order valence-corrected chi connectivity index (χ2v) is 6.77. The fourth-order valence-electron chi connectivity index (χ4n) is 2.97. The number of H-pyrrole nitrogens is 1. The smallest absolute Gasteiger partial charge is 0.301 e. The summed E-state index contributed by atoms with van der Waals surface area (Å²) in [4.78, 5) is 23.1. The lowest BCUT2D eigenvalue weighted by atomic mass is 10.1. The number of aromatic nitrogens is 2. The van der Waals surface area contributed by atoms with Gasteiger partial charge in [0.2, 0.25) is 0 Å². The first kappa shape index (κ1) is 19.2. The van der Waals surface area contributed by atoms with E-state index in [1.807, 2.05) is 36.4 Å². The van der Waals surface area contributed by atoms with Gasteiger partial charge in [0, 0.05) is 17.7 Å². The quantitative estimate of drug-likeness (QED) is 0.219. The second-order valence-electron chi connectivity index (χ2n) is 6.35. The fourth-order valence-corrected chi connectivity index (χ4v) is 3.10. The van der Waals surface area contributed by atoms with Crippen molar-refractivity contribution in [2.24, 2.45) is 16.0 Å². The molecule has 3 aromatic carbocycles. The topological polar surface area (TPSA) is 132 Å². The van der Waals surface area contributed by atoms with Crippen LogP contribution in [0.15, 0.2) is 81.8 Å². The Bertz CT molecular complexity index is 1370. The van der Waals surface area contributed by atoms with Gasteiger partial charge in [0.1, 0.15) is 0 Å². The molecule has 0 saturated carbocycles. The normalized spacial score (nSPS) is 11.2. The summed E-state index contributed by atoms with van der Waals surface area (Å²) in [5.74, 6) is 0. The highest BCUT2D eigenvalue weighted by Crippen LogP contribution is 2.29. The lowest BCUT2D eigenvalue weighted by Gasteiger charge is -2.00. The Balaban J connectivity index is 1.79. The van der Waals surface area contributed by atoms with Crippen LogP contribution in [0.5, 0.6) is 0 Å². The number of nitrogens with zero attached hydrogens (tertiary/aromatic N) is 4. The molecular formula is C20H14N6O3S. The van der Waals surface area contributed by atoms with Gasteiger partial charge in [-0.25, -0.2) is 0 Å². The monoisotopic (exact) mass is 418 g/mol. The van der Waals surface area contributed by atoms with Gasteiger partial charge >= 0.3 is 5.56 Å². The molecule has 1 aromatic heterocycles. The molecule has 0 aliphatic carbocycles. The zero-order valence-electron chi connectivity index (χ0n) is 15.4. The van der Waals surface area contributed by atoms with Crippen molar-refractivity contribution in [1.29, 1.82) is 0 Å². The minimum atomic E-state index is -0.569. The Morgan fingerprint density at radius 3 is 2.40 bits per heavy atom. The highest BCUT2D eigenvalue weighted by molar-refractivity contribution is 7.80. The van der Waals surface area contributed by atoms with Gasteiger partial charge in [-0.05, 0) is 47.3 Å². The van der Waals surface area contributed by atoms with E-state index in [2.05, 4.69) is 15.3 Å². The third kappa shape index (κ3) is 3.59. The standard InChI is InChI=1S/C20H14N6O3S/c21-20(30)25-19(27)18(17(24-25)13-6-9-16(10-7-13)26(28)29)23-22-15-8-5-12-3-1-2-4-14(12)11-15/h1-11,24H,(H2,21,30). The number of nitro benzene ring substituents is 1. The van der Waals surface area contributed by atoms with Gasteiger partial charge < -0.3 is 5.73 Å². The molecule has 0 aliphatic heterocycles. The molecule has 1 heterocycles. The molecule has 30 heavy (non-hydrogen) atoms. The highest BCUT2D eigenvalue weighted by atomic mass is 32.1. The summed E-state index contributed by atoms with van der Waals surface area (Å²) in [5.41, 5.74) is 6.32. The zero-order chi connectivity index (χ0) is 21.3. The molecule has 9 nitrogen and oxygen atoms in total. The molecule has 10 heteroatoms. The Morgan fingerprint density at radius 2 is 1.73 bits per heavy atom. The molecule has 0 bridgehead atoms. The van der Waals surface area contributed by atoms with E-state index in [9.17, 15) is 14.9 Å². The maximum Gasteiger partial charge on any atom is 0.301 e. The van der Waals surface area contributed by atoms with E-state index in [0.29, 0.717) is 16.9 Å². The number of nitrogens with two attached hydrogens (primary N) is 1. The van der Waals surface area contributed by atoms with E-state index < -0.39 is 10.5 Å². The van der Waals surface area contributed by atoms with Crippen LogP contribution in [-0.2, 0) is 0 Å². The second kappa shape index (κ2) is 7.68. The van der Waals surface area contributed by atoms with Crippen molar-refractivity contribution in [3.05, 3.63) is 87.2 Å². The zero-order valence-corrected chi connectivity index (χ0v) is 16.2. The summed E-state index contributed by atoms with van der Waals surface area (Å²) in [7, 11) is 0. The van der Waals surface area contributed by atoms with Crippen molar-refractivity contribution >= 4 is 45.2 Å². The fraction of sp³-hybridized carbons (Fsp3) is 0. The van der Waals surface area contributed by atoms with Gasteiger partial charge in [0.05, 0.1) is 16.3 Å². The first-order valence-electron chi connectivity index (χ1n) is 8.74. The van der Waals surface area contributed by atoms with Crippen molar-refractivity contribution < 1.29 is 4.92 Å². The van der Waals surface area contributed by atoms with Gasteiger partial charge in [-0.15, -0.1) is 5.11 Å². The first-order chi connectivity index (χ1) is 14.4. The SMILES string of the molecule is NC(=S)n1[nH]c(-c2ccc([N+](=O)[O-])cc2)c(N=Nc2ccc3ccccc3c2)c1=O. The average Bonchev–Trinajstić information content (AvgIpc) is 3.08. The number of azo groups is 1. The van der Waals surface area contributed by atoms with Crippen molar-refractivity contribution in [3.8, 4) is 11.3 Å². The van der Waals surface area contributed by atoms with Crippen LogP contribution in [-0.4, -0.2) is 19.8 Å². The number of hydrogen-bond acceptors (Lipinski definition) is 6. The molecule has 0 spiro atoms. The third-order valence-corrected chi connectivity index (χ3v) is 4.63. The molecule has 4 aromatic rings. The number of non-ortho nitro benzene ring substituents is 1. The Hall–Kier alpha value is -4.18. The molecule has 4 rings (SSSR count). The number of hydrogen-bond donors (Lipinski definition) is 2. The molecule has 0 unspecified atom stereocenters. The van der Waals surface area contributed by atoms with Crippen LogP contribution >= 0.6 is 12.2 Å². The van der Waals surface area contributed by atoms with E-state index >= 15 is 0 Å². The summed E-state index contributed by atoms with van der Waals surface area (Å²) < 4.78 is 0.973. The number of rotatable bonds is 4. The van der Waals surface area contributed by atoms with E-state index in [0.717, 1.165) is 15.5 Å². The Morgan fingerprint density at radius 1 is 1.03 bits per heavy atom. The molecule has 148 valence electrons. The third-order valence-electron chi connectivity index (χ3n) is 4.45. The molecule has 0 amide bonds. The van der Waals surface area contributed by atoms with E-state index in [4.69, 9.17) is 18.0 Å². The predicted octanol–water partition coefficient (Wildman–Crippen LogP) is 4.41. The van der Waals surface area contributed by atoms with Crippen molar-refractivity contribution in [2.75, 3.05) is 0 Å². The number of aromatic amines is 1. The molecule has 0 aliphatic rings. The summed E-state index contributed by atoms with van der Waals surface area (Å²) in [6.07, 6.45) is 0. The van der Waals surface area contributed by atoms with Gasteiger partial charge in [-0.2, -0.15) is 9.80 Å². The maximum atomic E-state index is 12.7. The van der Waals surface area contributed by atoms with Crippen LogP contribution in [0.3, 0.4) is 0 Å².